The molecule has 4 nitrogen and oxygen atoms in total. The summed E-state index contributed by atoms with van der Waals surface area (Å²) >= 11 is 0. The highest BCUT2D eigenvalue weighted by atomic mass is 16.2. The molecule has 128 valence electrons. The Labute approximate surface area is 152 Å². The standard InChI is InChI=1S/C22H19N3O/c26-22(25-14-12-17-6-2-4-8-21(17)25)19-10-9-18(15-23-19)24-13-11-16-5-1-3-7-20(16)24/h1-10,15H,11-14H2. The van der Waals surface area contributed by atoms with Crippen LogP contribution in [-0.2, 0) is 12.8 Å². The number of para-hydroxylation sites is 2. The van der Waals surface area contributed by atoms with Gasteiger partial charge >= 0.3 is 0 Å². The number of nitrogens with zero attached hydrogens (tertiary/aromatic N) is 3. The maximum atomic E-state index is 12.9. The Balaban J connectivity index is 1.40. The van der Waals surface area contributed by atoms with E-state index in [1.165, 1.54) is 16.8 Å². The molecule has 1 amide bonds. The average molecular weight is 341 g/mol. The largest absolute Gasteiger partial charge is 0.340 e. The second kappa shape index (κ2) is 5.99. The summed E-state index contributed by atoms with van der Waals surface area (Å²) in [7, 11) is 0. The number of carbonyl (C=O) groups is 1. The van der Waals surface area contributed by atoms with Crippen molar-refractivity contribution in [1.82, 2.24) is 4.98 Å². The van der Waals surface area contributed by atoms with Crippen LogP contribution in [-0.4, -0.2) is 24.0 Å². The van der Waals surface area contributed by atoms with Crippen LogP contribution in [0.1, 0.15) is 21.6 Å². The molecule has 26 heavy (non-hydrogen) atoms. The van der Waals surface area contributed by atoms with Crippen molar-refractivity contribution in [2.45, 2.75) is 12.8 Å². The number of amides is 1. The summed E-state index contributed by atoms with van der Waals surface area (Å²) in [5.74, 6) is -0.0247. The van der Waals surface area contributed by atoms with Crippen LogP contribution in [0.5, 0.6) is 0 Å². The van der Waals surface area contributed by atoms with Gasteiger partial charge in [-0.1, -0.05) is 36.4 Å². The molecule has 2 aliphatic rings. The van der Waals surface area contributed by atoms with Gasteiger partial charge in [0.15, 0.2) is 0 Å². The third-order valence-corrected chi connectivity index (χ3v) is 5.30. The van der Waals surface area contributed by atoms with E-state index in [1.54, 1.807) is 0 Å². The van der Waals surface area contributed by atoms with Gasteiger partial charge in [0.25, 0.3) is 5.91 Å². The third-order valence-electron chi connectivity index (χ3n) is 5.30. The van der Waals surface area contributed by atoms with Crippen LogP contribution in [0.15, 0.2) is 66.9 Å². The predicted molar refractivity (Wildman–Crippen MR) is 103 cm³/mol. The Morgan fingerprint density at radius 3 is 2.27 bits per heavy atom. The molecule has 0 fully saturated rings. The molecule has 0 N–H and O–H groups in total. The zero-order chi connectivity index (χ0) is 17.5. The van der Waals surface area contributed by atoms with Gasteiger partial charge in [-0.15, -0.1) is 0 Å². The second-order valence-electron chi connectivity index (χ2n) is 6.77. The summed E-state index contributed by atoms with van der Waals surface area (Å²) in [6.07, 6.45) is 3.77. The number of pyridine rings is 1. The Kier molecular flexibility index (Phi) is 3.49. The fourth-order valence-corrected chi connectivity index (χ4v) is 3.97. The molecule has 0 saturated carbocycles. The minimum absolute atomic E-state index is 0.0247. The molecule has 1 aromatic heterocycles. The van der Waals surface area contributed by atoms with Crippen molar-refractivity contribution < 1.29 is 4.79 Å². The molecule has 0 spiro atoms. The first-order chi connectivity index (χ1) is 12.8. The molecule has 0 radical (unpaired) electrons. The number of hydrogen-bond acceptors (Lipinski definition) is 3. The van der Waals surface area contributed by atoms with Crippen LogP contribution in [0.4, 0.5) is 17.1 Å². The van der Waals surface area contributed by atoms with Gasteiger partial charge in [0.2, 0.25) is 0 Å². The number of anilines is 3. The number of carbonyl (C=O) groups excluding carboxylic acids is 1. The number of hydrogen-bond donors (Lipinski definition) is 0. The highest BCUT2D eigenvalue weighted by Gasteiger charge is 2.26. The summed E-state index contributed by atoms with van der Waals surface area (Å²) in [6.45, 7) is 1.68. The SMILES string of the molecule is O=C(c1ccc(N2CCc3ccccc32)cn1)N1CCc2ccccc21. The maximum absolute atomic E-state index is 12.9. The minimum Gasteiger partial charge on any atom is -0.340 e. The topological polar surface area (TPSA) is 36.4 Å². The highest BCUT2D eigenvalue weighted by Crippen LogP contribution is 2.34. The van der Waals surface area contributed by atoms with Crippen molar-refractivity contribution >= 4 is 23.0 Å². The number of rotatable bonds is 2. The molecule has 2 aliphatic heterocycles. The molecule has 0 saturated heterocycles. The lowest BCUT2D eigenvalue weighted by atomic mass is 10.2. The van der Waals surface area contributed by atoms with Crippen LogP contribution >= 0.6 is 0 Å². The quantitative estimate of drug-likeness (QED) is 0.707. The molecule has 0 aliphatic carbocycles. The zero-order valence-corrected chi connectivity index (χ0v) is 14.4. The average Bonchev–Trinajstić information content (AvgIpc) is 3.32. The summed E-state index contributed by atoms with van der Waals surface area (Å²) in [5.41, 5.74) is 6.37. The van der Waals surface area contributed by atoms with E-state index in [0.29, 0.717) is 5.69 Å². The molecule has 0 bridgehead atoms. The third kappa shape index (κ3) is 2.37. The smallest absolute Gasteiger partial charge is 0.276 e. The molecular weight excluding hydrogens is 322 g/mol. The summed E-state index contributed by atoms with van der Waals surface area (Å²) in [5, 5.41) is 0. The van der Waals surface area contributed by atoms with Gasteiger partial charge in [0, 0.05) is 24.5 Å². The van der Waals surface area contributed by atoms with E-state index in [9.17, 15) is 4.79 Å². The van der Waals surface area contributed by atoms with Gasteiger partial charge in [0.05, 0.1) is 11.9 Å². The first kappa shape index (κ1) is 15.1. The minimum atomic E-state index is -0.0247. The van der Waals surface area contributed by atoms with Gasteiger partial charge in [-0.2, -0.15) is 0 Å². The number of fused-ring (bicyclic) bond motifs is 2. The van der Waals surface area contributed by atoms with Gasteiger partial charge in [0.1, 0.15) is 5.69 Å². The molecule has 5 rings (SSSR count). The Hall–Kier alpha value is -3.14. The van der Waals surface area contributed by atoms with E-state index in [2.05, 4.69) is 40.2 Å². The summed E-state index contributed by atoms with van der Waals surface area (Å²) in [4.78, 5) is 21.5. The zero-order valence-electron chi connectivity index (χ0n) is 14.4. The van der Waals surface area contributed by atoms with E-state index in [0.717, 1.165) is 37.3 Å². The van der Waals surface area contributed by atoms with Crippen molar-refractivity contribution in [2.24, 2.45) is 0 Å². The lowest BCUT2D eigenvalue weighted by molar-refractivity contribution is 0.0984. The van der Waals surface area contributed by atoms with Gasteiger partial charge < -0.3 is 9.80 Å². The van der Waals surface area contributed by atoms with Crippen LogP contribution < -0.4 is 9.80 Å². The van der Waals surface area contributed by atoms with Gasteiger partial charge in [-0.3, -0.25) is 4.79 Å². The van der Waals surface area contributed by atoms with E-state index >= 15 is 0 Å². The Morgan fingerprint density at radius 2 is 1.50 bits per heavy atom. The molecule has 4 heteroatoms. The molecular formula is C22H19N3O. The van der Waals surface area contributed by atoms with Crippen molar-refractivity contribution in [1.29, 1.82) is 0 Å². The van der Waals surface area contributed by atoms with Crippen LogP contribution in [0.3, 0.4) is 0 Å². The first-order valence-corrected chi connectivity index (χ1v) is 9.02. The Morgan fingerprint density at radius 1 is 0.808 bits per heavy atom. The molecule has 0 atom stereocenters. The second-order valence-corrected chi connectivity index (χ2v) is 6.77. The fourth-order valence-electron chi connectivity index (χ4n) is 3.97. The van der Waals surface area contributed by atoms with Crippen molar-refractivity contribution in [3.8, 4) is 0 Å². The predicted octanol–water partition coefficient (Wildman–Crippen LogP) is 3.98. The van der Waals surface area contributed by atoms with Crippen LogP contribution in [0, 0.1) is 0 Å². The molecule has 2 aromatic carbocycles. The summed E-state index contributed by atoms with van der Waals surface area (Å²) < 4.78 is 0. The number of benzene rings is 2. The van der Waals surface area contributed by atoms with Gasteiger partial charge in [-0.25, -0.2) is 4.98 Å². The van der Waals surface area contributed by atoms with Crippen molar-refractivity contribution in [3.05, 3.63) is 83.7 Å². The molecule has 3 aromatic rings. The first-order valence-electron chi connectivity index (χ1n) is 9.02. The maximum Gasteiger partial charge on any atom is 0.276 e. The van der Waals surface area contributed by atoms with Crippen LogP contribution in [0.25, 0.3) is 0 Å². The van der Waals surface area contributed by atoms with E-state index in [1.807, 2.05) is 41.4 Å². The fraction of sp³-hybridized carbons (Fsp3) is 0.182. The lowest BCUT2D eigenvalue weighted by Crippen LogP contribution is -2.29. The lowest BCUT2D eigenvalue weighted by Gasteiger charge is -2.20. The normalized spacial score (nSPS) is 15.1. The van der Waals surface area contributed by atoms with Crippen molar-refractivity contribution in [3.63, 3.8) is 0 Å². The van der Waals surface area contributed by atoms with E-state index in [4.69, 9.17) is 0 Å². The van der Waals surface area contributed by atoms with Crippen LogP contribution in [0.2, 0.25) is 0 Å². The van der Waals surface area contributed by atoms with E-state index < -0.39 is 0 Å². The Bertz CT molecular complexity index is 981. The highest BCUT2D eigenvalue weighted by molar-refractivity contribution is 6.06. The number of aromatic nitrogens is 1. The summed E-state index contributed by atoms with van der Waals surface area (Å²) in [6, 6.07) is 20.4. The van der Waals surface area contributed by atoms with E-state index in [-0.39, 0.29) is 5.91 Å². The van der Waals surface area contributed by atoms with Gasteiger partial charge in [-0.05, 0) is 48.2 Å². The monoisotopic (exact) mass is 341 g/mol. The molecule has 0 unspecified atom stereocenters. The molecule has 3 heterocycles. The van der Waals surface area contributed by atoms with Crippen molar-refractivity contribution in [2.75, 3.05) is 22.9 Å².